The van der Waals surface area contributed by atoms with E-state index in [4.69, 9.17) is 9.84 Å². The van der Waals surface area contributed by atoms with Gasteiger partial charge in [0.15, 0.2) is 5.75 Å². The van der Waals surface area contributed by atoms with Crippen LogP contribution >= 0.6 is 15.9 Å². The molecule has 0 saturated heterocycles. The Morgan fingerprint density at radius 3 is 3.00 bits per heavy atom. The van der Waals surface area contributed by atoms with Gasteiger partial charge in [0.25, 0.3) is 0 Å². The Morgan fingerprint density at radius 1 is 1.38 bits per heavy atom. The zero-order chi connectivity index (χ0) is 11.4. The summed E-state index contributed by atoms with van der Waals surface area (Å²) in [5.74, 6) is 1.41. The van der Waals surface area contributed by atoms with Crippen LogP contribution in [-0.4, -0.2) is 21.5 Å². The third-order valence-corrected chi connectivity index (χ3v) is 2.46. The summed E-state index contributed by atoms with van der Waals surface area (Å²) in [6.45, 7) is 0.542. The van der Waals surface area contributed by atoms with E-state index in [1.54, 1.807) is 17.1 Å². The Balaban J connectivity index is 2.08. The molecule has 0 aliphatic heterocycles. The summed E-state index contributed by atoms with van der Waals surface area (Å²) in [4.78, 5) is 0. The molecule has 2 aromatic rings. The molecule has 0 aliphatic rings. The monoisotopic (exact) mass is 282 g/mol. The van der Waals surface area contributed by atoms with Crippen LogP contribution in [-0.2, 0) is 6.54 Å². The van der Waals surface area contributed by atoms with Crippen molar-refractivity contribution in [2.45, 2.75) is 6.54 Å². The van der Waals surface area contributed by atoms with Gasteiger partial charge >= 0.3 is 0 Å². The maximum absolute atomic E-state index is 8.75. The molecule has 1 aromatic carbocycles. The predicted octanol–water partition coefficient (Wildman–Crippen LogP) is 2.43. The highest BCUT2D eigenvalue weighted by molar-refractivity contribution is 9.10. The molecule has 0 atom stereocenters. The molecule has 16 heavy (non-hydrogen) atoms. The molecule has 0 radical (unpaired) electrons. The molecule has 0 spiro atoms. The number of aromatic nitrogens is 2. The van der Waals surface area contributed by atoms with E-state index in [1.807, 2.05) is 24.3 Å². The highest BCUT2D eigenvalue weighted by Crippen LogP contribution is 2.23. The lowest BCUT2D eigenvalue weighted by Gasteiger charge is -2.02. The lowest BCUT2D eigenvalue weighted by molar-refractivity contribution is 0.269. The summed E-state index contributed by atoms with van der Waals surface area (Å²) in [5.41, 5.74) is 0. The van der Waals surface area contributed by atoms with Crippen molar-refractivity contribution in [3.05, 3.63) is 41.1 Å². The Labute approximate surface area is 102 Å². The Hall–Kier alpha value is -1.33. The highest BCUT2D eigenvalue weighted by Gasteiger charge is 2.01. The largest absolute Gasteiger partial charge is 0.454 e. The van der Waals surface area contributed by atoms with Crippen LogP contribution < -0.4 is 4.74 Å². The van der Waals surface area contributed by atoms with Gasteiger partial charge in [-0.25, -0.2) is 0 Å². The molecule has 4 nitrogen and oxygen atoms in total. The molecule has 1 N–H and O–H groups in total. The molecule has 1 aromatic heterocycles. The molecule has 0 aliphatic carbocycles. The number of benzene rings is 1. The topological polar surface area (TPSA) is 47.3 Å². The Morgan fingerprint density at radius 2 is 2.25 bits per heavy atom. The molecule has 1 heterocycles. The molecule has 5 heteroatoms. The van der Waals surface area contributed by atoms with Crippen molar-refractivity contribution < 1.29 is 9.84 Å². The second kappa shape index (κ2) is 5.14. The van der Waals surface area contributed by atoms with Gasteiger partial charge in [-0.15, -0.1) is 0 Å². The van der Waals surface area contributed by atoms with Gasteiger partial charge in [0.2, 0.25) is 0 Å². The van der Waals surface area contributed by atoms with E-state index in [0.717, 1.165) is 10.2 Å². The molecular weight excluding hydrogens is 272 g/mol. The second-order valence-corrected chi connectivity index (χ2v) is 4.14. The van der Waals surface area contributed by atoms with E-state index in [-0.39, 0.29) is 6.61 Å². The van der Waals surface area contributed by atoms with Crippen molar-refractivity contribution >= 4 is 15.9 Å². The Bertz CT molecular complexity index is 471. The van der Waals surface area contributed by atoms with E-state index < -0.39 is 0 Å². The Kier molecular flexibility index (Phi) is 3.58. The quantitative estimate of drug-likeness (QED) is 0.937. The minimum atomic E-state index is 0.0675. The molecule has 0 unspecified atom stereocenters. The van der Waals surface area contributed by atoms with E-state index in [1.165, 1.54) is 0 Å². The molecular formula is C11H11BrN2O2. The fourth-order valence-corrected chi connectivity index (χ4v) is 1.67. The molecule has 0 fully saturated rings. The molecule has 0 amide bonds. The van der Waals surface area contributed by atoms with Gasteiger partial charge in [0.1, 0.15) is 5.75 Å². The van der Waals surface area contributed by atoms with E-state index >= 15 is 0 Å². The van der Waals surface area contributed by atoms with Gasteiger partial charge in [-0.05, 0) is 18.2 Å². The van der Waals surface area contributed by atoms with Gasteiger partial charge in [-0.3, -0.25) is 4.68 Å². The number of hydrogen-bond acceptors (Lipinski definition) is 3. The van der Waals surface area contributed by atoms with Crippen LogP contribution in [0.5, 0.6) is 11.5 Å². The number of aliphatic hydroxyl groups is 1. The SMILES string of the molecule is OCCn1cc(Oc2cccc(Br)c2)cn1. The van der Waals surface area contributed by atoms with Crippen molar-refractivity contribution in [1.29, 1.82) is 0 Å². The van der Waals surface area contributed by atoms with Crippen LogP contribution in [0.4, 0.5) is 0 Å². The van der Waals surface area contributed by atoms with Crippen LogP contribution in [0.15, 0.2) is 41.1 Å². The summed E-state index contributed by atoms with van der Waals surface area (Å²) in [6, 6.07) is 7.58. The molecule has 2 rings (SSSR count). The van der Waals surface area contributed by atoms with Crippen LogP contribution in [0, 0.1) is 0 Å². The molecule has 0 saturated carbocycles. The van der Waals surface area contributed by atoms with E-state index in [9.17, 15) is 0 Å². The normalized spacial score (nSPS) is 10.4. The minimum Gasteiger partial charge on any atom is -0.454 e. The van der Waals surface area contributed by atoms with Crippen LogP contribution in [0.25, 0.3) is 0 Å². The first-order valence-electron chi connectivity index (χ1n) is 4.84. The zero-order valence-electron chi connectivity index (χ0n) is 8.51. The summed E-state index contributed by atoms with van der Waals surface area (Å²) < 4.78 is 8.19. The third kappa shape index (κ3) is 2.84. The number of halogens is 1. The lowest BCUT2D eigenvalue weighted by Crippen LogP contribution is -2.01. The first-order valence-corrected chi connectivity index (χ1v) is 5.64. The van der Waals surface area contributed by atoms with Crippen molar-refractivity contribution in [3.8, 4) is 11.5 Å². The minimum absolute atomic E-state index is 0.0675. The summed E-state index contributed by atoms with van der Waals surface area (Å²) >= 11 is 3.37. The first kappa shape index (κ1) is 11.2. The number of rotatable bonds is 4. The number of ether oxygens (including phenoxy) is 1. The standard InChI is InChI=1S/C11H11BrN2O2/c12-9-2-1-3-10(6-9)16-11-7-13-14(8-11)4-5-15/h1-3,6-8,15H,4-5H2. The third-order valence-electron chi connectivity index (χ3n) is 1.97. The van der Waals surface area contributed by atoms with Gasteiger partial charge < -0.3 is 9.84 Å². The summed E-state index contributed by atoms with van der Waals surface area (Å²) in [6.07, 6.45) is 3.37. The second-order valence-electron chi connectivity index (χ2n) is 3.22. The van der Waals surface area contributed by atoms with Gasteiger partial charge in [0, 0.05) is 4.47 Å². The number of nitrogens with zero attached hydrogens (tertiary/aromatic N) is 2. The summed E-state index contributed by atoms with van der Waals surface area (Å²) in [5, 5.41) is 12.8. The first-order chi connectivity index (χ1) is 7.78. The highest BCUT2D eigenvalue weighted by atomic mass is 79.9. The smallest absolute Gasteiger partial charge is 0.165 e. The number of aliphatic hydroxyl groups excluding tert-OH is 1. The predicted molar refractivity (Wildman–Crippen MR) is 63.5 cm³/mol. The maximum Gasteiger partial charge on any atom is 0.165 e. The maximum atomic E-state index is 8.75. The summed E-state index contributed by atoms with van der Waals surface area (Å²) in [7, 11) is 0. The molecule has 0 bridgehead atoms. The van der Waals surface area contributed by atoms with Gasteiger partial charge in [0.05, 0.1) is 25.5 Å². The van der Waals surface area contributed by atoms with Crippen molar-refractivity contribution in [2.24, 2.45) is 0 Å². The zero-order valence-corrected chi connectivity index (χ0v) is 10.1. The van der Waals surface area contributed by atoms with Crippen molar-refractivity contribution in [3.63, 3.8) is 0 Å². The fourth-order valence-electron chi connectivity index (χ4n) is 1.29. The van der Waals surface area contributed by atoms with Crippen molar-refractivity contribution in [2.75, 3.05) is 6.61 Å². The van der Waals surface area contributed by atoms with Crippen molar-refractivity contribution in [1.82, 2.24) is 9.78 Å². The van der Waals surface area contributed by atoms with Gasteiger partial charge in [-0.1, -0.05) is 22.0 Å². The van der Waals surface area contributed by atoms with Gasteiger partial charge in [-0.2, -0.15) is 5.10 Å². The average molecular weight is 283 g/mol. The average Bonchev–Trinajstić information content (AvgIpc) is 2.66. The van der Waals surface area contributed by atoms with Crippen LogP contribution in [0.3, 0.4) is 0 Å². The molecule has 84 valence electrons. The number of hydrogen-bond donors (Lipinski definition) is 1. The fraction of sp³-hybridized carbons (Fsp3) is 0.182. The lowest BCUT2D eigenvalue weighted by atomic mass is 10.3. The van der Waals surface area contributed by atoms with Crippen LogP contribution in [0.2, 0.25) is 0 Å². The van der Waals surface area contributed by atoms with Crippen LogP contribution in [0.1, 0.15) is 0 Å². The van der Waals surface area contributed by atoms with E-state index in [0.29, 0.717) is 12.3 Å². The van der Waals surface area contributed by atoms with E-state index in [2.05, 4.69) is 21.0 Å².